The minimum Gasteiger partial charge on any atom is -0.492 e. The number of amides is 1. The molecule has 2 N–H and O–H groups in total. The molecule has 2 aromatic heterocycles. The monoisotopic (exact) mass is 582 g/mol. The molecule has 1 saturated heterocycles. The van der Waals surface area contributed by atoms with Crippen LogP contribution in [0.25, 0.3) is 16.6 Å². The molecule has 1 aromatic carbocycles. The van der Waals surface area contributed by atoms with Gasteiger partial charge in [0.05, 0.1) is 21.4 Å². The molecule has 12 heteroatoms. The van der Waals surface area contributed by atoms with Gasteiger partial charge in [-0.2, -0.15) is 5.10 Å². The van der Waals surface area contributed by atoms with E-state index in [0.29, 0.717) is 52.8 Å². The van der Waals surface area contributed by atoms with E-state index in [1.54, 1.807) is 23.1 Å². The number of anilines is 1. The number of likely N-dealkylation sites (tertiary alicyclic amines) is 1. The average molecular weight is 583 g/mol. The number of hydrogen-bond acceptors (Lipinski definition) is 8. The molecule has 3 aromatic rings. The SMILES string of the molecule is C=CC(=O)N1CCC[C@@H](n2nc(C3=CC(Cl)=C(OCc4cccc(S(C)(=O)=O)c4)CC3C)c3c(N)ncnc32)C1. The first kappa shape index (κ1) is 27.9. The van der Waals surface area contributed by atoms with Crippen LogP contribution in [0.2, 0.25) is 0 Å². The van der Waals surface area contributed by atoms with Gasteiger partial charge in [-0.05, 0) is 54.2 Å². The van der Waals surface area contributed by atoms with Crippen molar-refractivity contribution in [3.8, 4) is 0 Å². The standard InChI is InChI=1S/C28H31ClN6O4S/c1-4-24(36)34-10-6-8-19(14-34)35-28-25(27(30)31-16-32-28)26(33-35)21-13-22(29)23(11-17(21)2)39-15-18-7-5-9-20(12-18)40(3,37)38/h4-5,7,9,12-13,16-17,19H,1,6,8,10-11,14-15H2,2-3H3,(H2,30,31,32)/t17?,19-/m1/s1. The van der Waals surface area contributed by atoms with Crippen LogP contribution in [0.1, 0.15) is 43.5 Å². The fourth-order valence-electron chi connectivity index (χ4n) is 5.25. The van der Waals surface area contributed by atoms with Crippen LogP contribution in [0.3, 0.4) is 0 Å². The predicted molar refractivity (Wildman–Crippen MR) is 154 cm³/mol. The summed E-state index contributed by atoms with van der Waals surface area (Å²) in [5.74, 6) is 0.812. The Morgan fingerprint density at radius 1 is 1.32 bits per heavy atom. The molecule has 2 atom stereocenters. The predicted octanol–water partition coefficient (Wildman–Crippen LogP) is 4.25. The fraction of sp³-hybridized carbons (Fsp3) is 0.357. The topological polar surface area (TPSA) is 133 Å². The van der Waals surface area contributed by atoms with E-state index in [4.69, 9.17) is 27.2 Å². The minimum atomic E-state index is -3.32. The number of hydrogen-bond donors (Lipinski definition) is 1. The summed E-state index contributed by atoms with van der Waals surface area (Å²) in [6.07, 6.45) is 7.97. The van der Waals surface area contributed by atoms with Crippen LogP contribution in [0.5, 0.6) is 0 Å². The largest absolute Gasteiger partial charge is 0.492 e. The molecule has 10 nitrogen and oxygen atoms in total. The fourth-order valence-corrected chi connectivity index (χ4v) is 6.19. The molecule has 0 bridgehead atoms. The van der Waals surface area contributed by atoms with Crippen LogP contribution >= 0.6 is 11.6 Å². The van der Waals surface area contributed by atoms with Gasteiger partial charge >= 0.3 is 0 Å². The molecule has 1 aliphatic heterocycles. The summed E-state index contributed by atoms with van der Waals surface area (Å²) < 4.78 is 31.7. The Morgan fingerprint density at radius 3 is 2.88 bits per heavy atom. The lowest BCUT2D eigenvalue weighted by Gasteiger charge is -2.32. The number of aromatic nitrogens is 4. The maximum absolute atomic E-state index is 12.3. The number of carbonyl (C=O) groups excluding carboxylic acids is 1. The van der Waals surface area contributed by atoms with Crippen molar-refractivity contribution in [3.05, 3.63) is 71.4 Å². The summed E-state index contributed by atoms with van der Waals surface area (Å²) in [7, 11) is -3.32. The second kappa shape index (κ2) is 11.1. The Balaban J connectivity index is 1.46. The maximum atomic E-state index is 12.3. The van der Waals surface area contributed by atoms with E-state index in [-0.39, 0.29) is 29.4 Å². The van der Waals surface area contributed by atoms with Crippen molar-refractivity contribution in [1.29, 1.82) is 0 Å². The second-order valence-electron chi connectivity index (χ2n) is 10.2. The van der Waals surface area contributed by atoms with E-state index in [1.165, 1.54) is 18.7 Å². The normalized spacial score (nSPS) is 20.0. The van der Waals surface area contributed by atoms with Crippen molar-refractivity contribution in [2.75, 3.05) is 25.1 Å². The zero-order valence-electron chi connectivity index (χ0n) is 22.4. The summed E-state index contributed by atoms with van der Waals surface area (Å²) in [6, 6.07) is 6.60. The number of benzene rings is 1. The Hall–Kier alpha value is -3.70. The molecule has 1 fully saturated rings. The number of sulfone groups is 1. The van der Waals surface area contributed by atoms with Gasteiger partial charge in [0.15, 0.2) is 15.5 Å². The van der Waals surface area contributed by atoms with Gasteiger partial charge in [0.2, 0.25) is 5.91 Å². The number of carbonyl (C=O) groups is 1. The Morgan fingerprint density at radius 2 is 2.12 bits per heavy atom. The zero-order valence-corrected chi connectivity index (χ0v) is 24.0. The lowest BCUT2D eigenvalue weighted by atomic mass is 9.89. The van der Waals surface area contributed by atoms with Crippen LogP contribution in [0.15, 0.2) is 65.0 Å². The van der Waals surface area contributed by atoms with E-state index in [9.17, 15) is 13.2 Å². The van der Waals surface area contributed by atoms with Gasteiger partial charge in [-0.1, -0.05) is 37.2 Å². The van der Waals surface area contributed by atoms with Gasteiger partial charge in [0.25, 0.3) is 0 Å². The van der Waals surface area contributed by atoms with E-state index in [2.05, 4.69) is 23.5 Å². The second-order valence-corrected chi connectivity index (χ2v) is 12.6. The van der Waals surface area contributed by atoms with Crippen molar-refractivity contribution < 1.29 is 17.9 Å². The van der Waals surface area contributed by atoms with E-state index >= 15 is 0 Å². The van der Waals surface area contributed by atoms with Crippen LogP contribution < -0.4 is 5.73 Å². The molecule has 1 amide bonds. The molecule has 3 heterocycles. The molecule has 1 aliphatic carbocycles. The van der Waals surface area contributed by atoms with Crippen LogP contribution in [0.4, 0.5) is 5.82 Å². The lowest BCUT2D eigenvalue weighted by molar-refractivity contribution is -0.127. The maximum Gasteiger partial charge on any atom is 0.246 e. The van der Waals surface area contributed by atoms with E-state index in [1.807, 2.05) is 16.8 Å². The molecule has 1 unspecified atom stereocenters. The quantitative estimate of drug-likeness (QED) is 0.409. The highest BCUT2D eigenvalue weighted by atomic mass is 35.5. The first-order valence-electron chi connectivity index (χ1n) is 13.0. The van der Waals surface area contributed by atoms with Crippen LogP contribution in [-0.4, -0.2) is 58.3 Å². The van der Waals surface area contributed by atoms with Gasteiger partial charge in [0, 0.05) is 25.8 Å². The highest BCUT2D eigenvalue weighted by Gasteiger charge is 2.31. The molecular formula is C28H31ClN6O4S. The minimum absolute atomic E-state index is 0.0174. The number of nitrogen functional groups attached to an aromatic ring is 1. The first-order valence-corrected chi connectivity index (χ1v) is 15.3. The smallest absolute Gasteiger partial charge is 0.246 e. The molecule has 210 valence electrons. The number of allylic oxidation sites excluding steroid dienone is 4. The Bertz CT molecular complexity index is 1660. The van der Waals surface area contributed by atoms with Gasteiger partial charge in [-0.3, -0.25) is 4.79 Å². The molecular weight excluding hydrogens is 552 g/mol. The number of halogens is 1. The van der Waals surface area contributed by atoms with Crippen molar-refractivity contribution in [1.82, 2.24) is 24.6 Å². The van der Waals surface area contributed by atoms with Crippen molar-refractivity contribution in [2.24, 2.45) is 5.92 Å². The summed E-state index contributed by atoms with van der Waals surface area (Å²) in [6.45, 7) is 7.03. The van der Waals surface area contributed by atoms with Crippen molar-refractivity contribution in [3.63, 3.8) is 0 Å². The lowest BCUT2D eigenvalue weighted by Crippen LogP contribution is -2.40. The van der Waals surface area contributed by atoms with Gasteiger partial charge < -0.3 is 15.4 Å². The van der Waals surface area contributed by atoms with Crippen molar-refractivity contribution in [2.45, 2.75) is 43.7 Å². The summed E-state index contributed by atoms with van der Waals surface area (Å²) in [4.78, 5) is 23.0. The van der Waals surface area contributed by atoms with Gasteiger partial charge in [-0.15, -0.1) is 0 Å². The first-order chi connectivity index (χ1) is 19.1. The third kappa shape index (κ3) is 5.48. The van der Waals surface area contributed by atoms with Gasteiger partial charge in [-0.25, -0.2) is 23.1 Å². The average Bonchev–Trinajstić information content (AvgIpc) is 3.33. The third-order valence-electron chi connectivity index (χ3n) is 7.33. The zero-order chi connectivity index (χ0) is 28.6. The van der Waals surface area contributed by atoms with Crippen molar-refractivity contribution >= 4 is 49.8 Å². The highest BCUT2D eigenvalue weighted by Crippen LogP contribution is 2.41. The molecule has 2 aliphatic rings. The summed E-state index contributed by atoms with van der Waals surface area (Å²) in [5, 5.41) is 6.06. The molecule has 40 heavy (non-hydrogen) atoms. The number of rotatable bonds is 7. The highest BCUT2D eigenvalue weighted by molar-refractivity contribution is 7.90. The summed E-state index contributed by atoms with van der Waals surface area (Å²) in [5.41, 5.74) is 9.23. The molecule has 0 saturated carbocycles. The molecule has 5 rings (SSSR count). The Kier molecular flexibility index (Phi) is 7.70. The summed E-state index contributed by atoms with van der Waals surface area (Å²) >= 11 is 6.71. The Labute approximate surface area is 238 Å². The number of piperidine rings is 1. The van der Waals surface area contributed by atoms with E-state index < -0.39 is 9.84 Å². The molecule has 0 radical (unpaired) electrons. The van der Waals surface area contributed by atoms with Crippen LogP contribution in [-0.2, 0) is 26.0 Å². The number of nitrogens with two attached hydrogens (primary N) is 1. The number of nitrogens with zero attached hydrogens (tertiary/aromatic N) is 5. The van der Waals surface area contributed by atoms with E-state index in [0.717, 1.165) is 24.0 Å². The third-order valence-corrected chi connectivity index (χ3v) is 8.76. The molecule has 0 spiro atoms. The number of ether oxygens (including phenoxy) is 1. The van der Waals surface area contributed by atoms with Gasteiger partial charge in [0.1, 0.15) is 30.2 Å². The van der Waals surface area contributed by atoms with Crippen LogP contribution in [0, 0.1) is 5.92 Å². The number of fused-ring (bicyclic) bond motifs is 1.